The molecule has 0 bridgehead atoms. The van der Waals surface area contributed by atoms with Crippen molar-refractivity contribution in [2.75, 3.05) is 19.0 Å². The van der Waals surface area contributed by atoms with Gasteiger partial charge >= 0.3 is 0 Å². The zero-order valence-corrected chi connectivity index (χ0v) is 13.9. The van der Waals surface area contributed by atoms with E-state index in [0.717, 1.165) is 6.07 Å². The van der Waals surface area contributed by atoms with Gasteiger partial charge in [0, 0.05) is 22.7 Å². The van der Waals surface area contributed by atoms with Crippen LogP contribution in [0.1, 0.15) is 10.4 Å². The molecule has 2 N–H and O–H groups in total. The summed E-state index contributed by atoms with van der Waals surface area (Å²) in [6.07, 6.45) is 0. The van der Waals surface area contributed by atoms with Crippen molar-refractivity contribution in [1.82, 2.24) is 5.32 Å². The summed E-state index contributed by atoms with van der Waals surface area (Å²) in [5, 5.41) is 16.1. The summed E-state index contributed by atoms with van der Waals surface area (Å²) in [5.74, 6) is -0.681. The Morgan fingerprint density at radius 2 is 2.00 bits per heavy atom. The van der Waals surface area contributed by atoms with E-state index in [-0.39, 0.29) is 17.8 Å². The van der Waals surface area contributed by atoms with E-state index in [1.165, 1.54) is 31.4 Å². The van der Waals surface area contributed by atoms with Gasteiger partial charge in [-0.15, -0.1) is 0 Å². The number of hydrogen-bond donors (Lipinski definition) is 2. The van der Waals surface area contributed by atoms with Crippen molar-refractivity contribution >= 4 is 34.8 Å². The van der Waals surface area contributed by atoms with Crippen LogP contribution in [0.5, 0.6) is 5.75 Å². The Hall–Kier alpha value is -3.13. The van der Waals surface area contributed by atoms with Gasteiger partial charge in [-0.2, -0.15) is 0 Å². The SMILES string of the molecule is COc1ccc(Cl)cc1NC(=O)CNC(=O)c1cccc([N+](=O)[O-])c1. The molecule has 0 heterocycles. The first-order valence-electron chi connectivity index (χ1n) is 7.06. The Balaban J connectivity index is 1.98. The third-order valence-corrected chi connectivity index (χ3v) is 3.40. The predicted octanol–water partition coefficient (Wildman–Crippen LogP) is 2.63. The standard InChI is InChI=1S/C16H14ClN3O5/c1-25-14-6-5-11(17)8-13(14)19-15(21)9-18-16(22)10-3-2-4-12(7-10)20(23)24/h2-8H,9H2,1H3,(H,18,22)(H,19,21). The quantitative estimate of drug-likeness (QED) is 0.605. The number of rotatable bonds is 6. The number of nitrogens with zero attached hydrogens (tertiary/aromatic N) is 1. The number of non-ortho nitro benzene ring substituents is 1. The van der Waals surface area contributed by atoms with Gasteiger partial charge in [0.05, 0.1) is 24.3 Å². The molecule has 9 heteroatoms. The molecular formula is C16H14ClN3O5. The Morgan fingerprint density at radius 3 is 2.68 bits per heavy atom. The van der Waals surface area contributed by atoms with Gasteiger partial charge in [0.15, 0.2) is 0 Å². The van der Waals surface area contributed by atoms with Crippen LogP contribution in [-0.2, 0) is 4.79 Å². The third-order valence-electron chi connectivity index (χ3n) is 3.16. The normalized spacial score (nSPS) is 10.0. The molecule has 0 aliphatic carbocycles. The number of benzene rings is 2. The van der Waals surface area contributed by atoms with Crippen molar-refractivity contribution < 1.29 is 19.2 Å². The highest BCUT2D eigenvalue weighted by Crippen LogP contribution is 2.27. The van der Waals surface area contributed by atoms with E-state index in [4.69, 9.17) is 16.3 Å². The van der Waals surface area contributed by atoms with Crippen LogP contribution in [0.2, 0.25) is 5.02 Å². The molecule has 8 nitrogen and oxygen atoms in total. The van der Waals surface area contributed by atoms with Crippen molar-refractivity contribution in [3.63, 3.8) is 0 Å². The molecule has 0 saturated carbocycles. The Morgan fingerprint density at radius 1 is 1.24 bits per heavy atom. The first kappa shape index (κ1) is 18.2. The largest absolute Gasteiger partial charge is 0.495 e. The summed E-state index contributed by atoms with van der Waals surface area (Å²) in [7, 11) is 1.45. The van der Waals surface area contributed by atoms with Crippen LogP contribution in [0.3, 0.4) is 0 Å². The summed E-state index contributed by atoms with van der Waals surface area (Å²) in [5.41, 5.74) is 0.243. The smallest absolute Gasteiger partial charge is 0.270 e. The van der Waals surface area contributed by atoms with Gasteiger partial charge in [-0.1, -0.05) is 17.7 Å². The molecule has 0 aliphatic heterocycles. The molecule has 0 spiro atoms. The van der Waals surface area contributed by atoms with Gasteiger partial charge in [-0.05, 0) is 24.3 Å². The minimum atomic E-state index is -0.602. The van der Waals surface area contributed by atoms with E-state index in [1.807, 2.05) is 0 Å². The number of nitro benzene ring substituents is 1. The van der Waals surface area contributed by atoms with E-state index < -0.39 is 16.7 Å². The molecule has 2 aromatic rings. The zero-order chi connectivity index (χ0) is 18.4. The summed E-state index contributed by atoms with van der Waals surface area (Å²) in [4.78, 5) is 34.1. The van der Waals surface area contributed by atoms with Crippen molar-refractivity contribution in [3.8, 4) is 5.75 Å². The van der Waals surface area contributed by atoms with Crippen molar-refractivity contribution in [2.45, 2.75) is 0 Å². The highest BCUT2D eigenvalue weighted by Gasteiger charge is 2.13. The van der Waals surface area contributed by atoms with Gasteiger partial charge in [0.1, 0.15) is 5.75 Å². The minimum Gasteiger partial charge on any atom is -0.495 e. The molecule has 0 atom stereocenters. The highest BCUT2D eigenvalue weighted by molar-refractivity contribution is 6.31. The van der Waals surface area contributed by atoms with Crippen LogP contribution in [0.15, 0.2) is 42.5 Å². The number of hydrogen-bond acceptors (Lipinski definition) is 5. The van der Waals surface area contributed by atoms with Crippen LogP contribution in [0.4, 0.5) is 11.4 Å². The second-order valence-electron chi connectivity index (χ2n) is 4.88. The maximum absolute atomic E-state index is 12.0. The Labute approximate surface area is 147 Å². The van der Waals surface area contributed by atoms with E-state index in [0.29, 0.717) is 16.5 Å². The average Bonchev–Trinajstić information content (AvgIpc) is 2.60. The molecule has 2 aromatic carbocycles. The molecule has 25 heavy (non-hydrogen) atoms. The lowest BCUT2D eigenvalue weighted by Gasteiger charge is -2.11. The second kappa shape index (κ2) is 8.11. The second-order valence-corrected chi connectivity index (χ2v) is 5.32. The Bertz CT molecular complexity index is 825. The summed E-state index contributed by atoms with van der Waals surface area (Å²) < 4.78 is 5.11. The third kappa shape index (κ3) is 4.92. The summed E-state index contributed by atoms with van der Waals surface area (Å²) >= 11 is 5.87. The van der Waals surface area contributed by atoms with Gasteiger partial charge in [-0.25, -0.2) is 0 Å². The fourth-order valence-electron chi connectivity index (χ4n) is 2.00. The number of amides is 2. The fraction of sp³-hybridized carbons (Fsp3) is 0.125. The maximum Gasteiger partial charge on any atom is 0.270 e. The lowest BCUT2D eigenvalue weighted by molar-refractivity contribution is -0.384. The van der Waals surface area contributed by atoms with Crippen LogP contribution in [-0.4, -0.2) is 30.4 Å². The van der Waals surface area contributed by atoms with E-state index >= 15 is 0 Å². The zero-order valence-electron chi connectivity index (χ0n) is 13.1. The number of carbonyl (C=O) groups is 2. The molecule has 0 aliphatic rings. The van der Waals surface area contributed by atoms with Crippen LogP contribution >= 0.6 is 11.6 Å². The molecule has 0 saturated heterocycles. The van der Waals surface area contributed by atoms with Crippen LogP contribution < -0.4 is 15.4 Å². The summed E-state index contributed by atoms with van der Waals surface area (Å²) in [6, 6.07) is 9.94. The highest BCUT2D eigenvalue weighted by atomic mass is 35.5. The molecular weight excluding hydrogens is 350 g/mol. The van der Waals surface area contributed by atoms with E-state index in [9.17, 15) is 19.7 Å². The van der Waals surface area contributed by atoms with Crippen molar-refractivity contribution in [2.24, 2.45) is 0 Å². The number of nitro groups is 1. The number of halogens is 1. The molecule has 0 fully saturated rings. The van der Waals surface area contributed by atoms with Gasteiger partial charge < -0.3 is 15.4 Å². The topological polar surface area (TPSA) is 111 Å². The molecule has 0 radical (unpaired) electrons. The van der Waals surface area contributed by atoms with E-state index in [2.05, 4.69) is 10.6 Å². The lowest BCUT2D eigenvalue weighted by atomic mass is 10.2. The maximum atomic E-state index is 12.0. The monoisotopic (exact) mass is 363 g/mol. The van der Waals surface area contributed by atoms with E-state index in [1.54, 1.807) is 12.1 Å². The van der Waals surface area contributed by atoms with Crippen molar-refractivity contribution in [3.05, 3.63) is 63.2 Å². The number of carbonyl (C=O) groups excluding carboxylic acids is 2. The van der Waals surface area contributed by atoms with Crippen LogP contribution in [0, 0.1) is 10.1 Å². The molecule has 2 rings (SSSR count). The lowest BCUT2D eigenvalue weighted by Crippen LogP contribution is -2.32. The molecule has 130 valence electrons. The van der Waals surface area contributed by atoms with Crippen molar-refractivity contribution in [1.29, 1.82) is 0 Å². The molecule has 0 aromatic heterocycles. The first-order valence-corrected chi connectivity index (χ1v) is 7.44. The Kier molecular flexibility index (Phi) is 5.91. The average molecular weight is 364 g/mol. The van der Waals surface area contributed by atoms with Gasteiger partial charge in [0.2, 0.25) is 5.91 Å². The van der Waals surface area contributed by atoms with Gasteiger partial charge in [-0.3, -0.25) is 19.7 Å². The number of ether oxygens (including phenoxy) is 1. The van der Waals surface area contributed by atoms with Gasteiger partial charge in [0.25, 0.3) is 11.6 Å². The predicted molar refractivity (Wildman–Crippen MR) is 92.1 cm³/mol. The van der Waals surface area contributed by atoms with Crippen LogP contribution in [0.25, 0.3) is 0 Å². The number of anilines is 1. The molecule has 2 amide bonds. The number of methoxy groups -OCH3 is 1. The first-order chi connectivity index (χ1) is 11.9. The fourth-order valence-corrected chi connectivity index (χ4v) is 2.17. The molecule has 0 unspecified atom stereocenters. The summed E-state index contributed by atoms with van der Waals surface area (Å²) in [6.45, 7) is -0.322. The number of nitrogens with one attached hydrogen (secondary N) is 2. The minimum absolute atomic E-state index is 0.0855.